The number of amides is 1. The Morgan fingerprint density at radius 3 is 2.81 bits per heavy atom. The molecule has 1 amide bonds. The summed E-state index contributed by atoms with van der Waals surface area (Å²) in [5, 5.41) is 9.25. The van der Waals surface area contributed by atoms with E-state index in [4.69, 9.17) is 5.73 Å². The van der Waals surface area contributed by atoms with Gasteiger partial charge < -0.3 is 15.7 Å². The number of carbonyl (C=O) groups excluding carboxylic acids is 1. The summed E-state index contributed by atoms with van der Waals surface area (Å²) in [4.78, 5) is 13.9. The molecule has 4 nitrogen and oxygen atoms in total. The Morgan fingerprint density at radius 2 is 2.25 bits per heavy atom. The Labute approximate surface area is 97.8 Å². The number of likely N-dealkylation sites (tertiary alicyclic amines) is 1. The first-order chi connectivity index (χ1) is 7.61. The molecule has 0 saturated carbocycles. The van der Waals surface area contributed by atoms with Gasteiger partial charge in [-0.1, -0.05) is 20.3 Å². The van der Waals surface area contributed by atoms with Gasteiger partial charge in [-0.05, 0) is 25.2 Å². The van der Waals surface area contributed by atoms with E-state index in [0.29, 0.717) is 0 Å². The fourth-order valence-corrected chi connectivity index (χ4v) is 2.17. The number of rotatable bonds is 4. The zero-order valence-electron chi connectivity index (χ0n) is 10.4. The second-order valence-electron chi connectivity index (χ2n) is 4.78. The molecule has 1 fully saturated rings. The van der Waals surface area contributed by atoms with Crippen molar-refractivity contribution in [2.45, 2.75) is 51.6 Å². The van der Waals surface area contributed by atoms with E-state index < -0.39 is 6.04 Å². The van der Waals surface area contributed by atoms with E-state index in [1.165, 1.54) is 0 Å². The number of aliphatic hydroxyl groups excluding tert-OH is 1. The van der Waals surface area contributed by atoms with Crippen molar-refractivity contribution < 1.29 is 9.90 Å². The molecule has 0 aliphatic carbocycles. The monoisotopic (exact) mass is 228 g/mol. The zero-order valence-corrected chi connectivity index (χ0v) is 10.4. The van der Waals surface area contributed by atoms with Gasteiger partial charge in [0.05, 0.1) is 18.7 Å². The third-order valence-corrected chi connectivity index (χ3v) is 3.66. The van der Waals surface area contributed by atoms with Crippen LogP contribution in [0.4, 0.5) is 0 Å². The van der Waals surface area contributed by atoms with Crippen molar-refractivity contribution in [2.24, 2.45) is 11.7 Å². The summed E-state index contributed by atoms with van der Waals surface area (Å²) in [7, 11) is 0. The summed E-state index contributed by atoms with van der Waals surface area (Å²) in [6, 6.07) is -0.437. The zero-order chi connectivity index (χ0) is 12.1. The normalized spacial score (nSPS) is 25.2. The third kappa shape index (κ3) is 2.95. The largest absolute Gasteiger partial charge is 0.394 e. The molecule has 0 aromatic rings. The second kappa shape index (κ2) is 6.21. The first-order valence-electron chi connectivity index (χ1n) is 6.28. The first-order valence-corrected chi connectivity index (χ1v) is 6.28. The van der Waals surface area contributed by atoms with Crippen molar-refractivity contribution in [3.8, 4) is 0 Å². The minimum absolute atomic E-state index is 0.00750. The highest BCUT2D eigenvalue weighted by Crippen LogP contribution is 2.19. The highest BCUT2D eigenvalue weighted by molar-refractivity contribution is 5.82. The lowest BCUT2D eigenvalue weighted by atomic mass is 9.96. The quantitative estimate of drug-likeness (QED) is 0.745. The predicted molar refractivity (Wildman–Crippen MR) is 63.9 cm³/mol. The maximum atomic E-state index is 12.2. The van der Waals surface area contributed by atoms with E-state index in [1.807, 2.05) is 13.8 Å². The molecule has 0 aromatic carbocycles. The van der Waals surface area contributed by atoms with Gasteiger partial charge in [0, 0.05) is 6.54 Å². The van der Waals surface area contributed by atoms with Crippen LogP contribution < -0.4 is 5.73 Å². The van der Waals surface area contributed by atoms with Crippen LogP contribution in [0.3, 0.4) is 0 Å². The Hall–Kier alpha value is -0.610. The molecule has 1 aliphatic heterocycles. The van der Waals surface area contributed by atoms with Crippen LogP contribution in [-0.4, -0.2) is 41.1 Å². The highest BCUT2D eigenvalue weighted by Gasteiger charge is 2.31. The lowest BCUT2D eigenvalue weighted by Crippen LogP contribution is -2.53. The minimum Gasteiger partial charge on any atom is -0.394 e. The molecular formula is C12H24N2O2. The molecule has 3 atom stereocenters. The molecule has 0 radical (unpaired) electrons. The van der Waals surface area contributed by atoms with Crippen LogP contribution in [0.2, 0.25) is 0 Å². The van der Waals surface area contributed by atoms with Crippen LogP contribution in [0.5, 0.6) is 0 Å². The van der Waals surface area contributed by atoms with E-state index in [1.54, 1.807) is 4.90 Å². The van der Waals surface area contributed by atoms with Crippen LogP contribution in [0.1, 0.15) is 39.5 Å². The molecule has 1 rings (SSSR count). The SMILES string of the molecule is CCC(C)[C@H](N)C(=O)N1CCCCC1CO. The minimum atomic E-state index is -0.419. The fraction of sp³-hybridized carbons (Fsp3) is 0.917. The van der Waals surface area contributed by atoms with E-state index in [-0.39, 0.29) is 24.5 Å². The summed E-state index contributed by atoms with van der Waals surface area (Å²) in [6.45, 7) is 4.84. The van der Waals surface area contributed by atoms with Crippen LogP contribution >= 0.6 is 0 Å². The molecule has 0 spiro atoms. The molecule has 2 unspecified atom stereocenters. The standard InChI is InChI=1S/C12H24N2O2/c1-3-9(2)11(13)12(16)14-7-5-4-6-10(14)8-15/h9-11,15H,3-8,13H2,1-2H3/t9?,10?,11-/m0/s1. The molecule has 0 aromatic heterocycles. The Morgan fingerprint density at radius 1 is 1.56 bits per heavy atom. The highest BCUT2D eigenvalue weighted by atomic mass is 16.3. The topological polar surface area (TPSA) is 66.6 Å². The van der Waals surface area contributed by atoms with Crippen LogP contribution in [0.25, 0.3) is 0 Å². The Balaban J connectivity index is 2.63. The van der Waals surface area contributed by atoms with Crippen molar-refractivity contribution in [1.29, 1.82) is 0 Å². The smallest absolute Gasteiger partial charge is 0.240 e. The lowest BCUT2D eigenvalue weighted by Gasteiger charge is -2.37. The van der Waals surface area contributed by atoms with Gasteiger partial charge in [0.1, 0.15) is 0 Å². The summed E-state index contributed by atoms with van der Waals surface area (Å²) < 4.78 is 0. The molecule has 1 heterocycles. The molecule has 0 bridgehead atoms. The van der Waals surface area contributed by atoms with Gasteiger partial charge >= 0.3 is 0 Å². The number of nitrogens with two attached hydrogens (primary N) is 1. The van der Waals surface area contributed by atoms with E-state index in [0.717, 1.165) is 32.2 Å². The summed E-state index contributed by atoms with van der Waals surface area (Å²) in [6.07, 6.45) is 3.92. The average molecular weight is 228 g/mol. The van der Waals surface area contributed by atoms with Gasteiger partial charge in [-0.15, -0.1) is 0 Å². The Bertz CT molecular complexity index is 233. The third-order valence-electron chi connectivity index (χ3n) is 3.66. The molecule has 94 valence electrons. The molecular weight excluding hydrogens is 204 g/mol. The molecule has 16 heavy (non-hydrogen) atoms. The number of nitrogens with zero attached hydrogens (tertiary/aromatic N) is 1. The fourth-order valence-electron chi connectivity index (χ4n) is 2.17. The van der Waals surface area contributed by atoms with Gasteiger partial charge in [-0.25, -0.2) is 0 Å². The lowest BCUT2D eigenvalue weighted by molar-refractivity contribution is -0.138. The van der Waals surface area contributed by atoms with Crippen LogP contribution in [-0.2, 0) is 4.79 Å². The Kier molecular flexibility index (Phi) is 5.22. The number of hydrogen-bond donors (Lipinski definition) is 2. The average Bonchev–Trinajstić information content (AvgIpc) is 2.35. The summed E-state index contributed by atoms with van der Waals surface area (Å²) in [5.41, 5.74) is 5.95. The maximum absolute atomic E-state index is 12.2. The first kappa shape index (κ1) is 13.5. The van der Waals surface area contributed by atoms with Gasteiger partial charge in [-0.3, -0.25) is 4.79 Å². The maximum Gasteiger partial charge on any atom is 0.240 e. The molecule has 3 N–H and O–H groups in total. The molecule has 1 saturated heterocycles. The number of hydrogen-bond acceptors (Lipinski definition) is 3. The molecule has 1 aliphatic rings. The second-order valence-corrected chi connectivity index (χ2v) is 4.78. The number of aliphatic hydroxyl groups is 1. The van der Waals surface area contributed by atoms with Gasteiger partial charge in [0.25, 0.3) is 0 Å². The van der Waals surface area contributed by atoms with Crippen LogP contribution in [0.15, 0.2) is 0 Å². The van der Waals surface area contributed by atoms with Gasteiger partial charge in [0.15, 0.2) is 0 Å². The van der Waals surface area contributed by atoms with E-state index in [2.05, 4.69) is 0 Å². The van der Waals surface area contributed by atoms with Crippen molar-refractivity contribution >= 4 is 5.91 Å². The molecule has 4 heteroatoms. The van der Waals surface area contributed by atoms with Crippen molar-refractivity contribution in [1.82, 2.24) is 4.90 Å². The van der Waals surface area contributed by atoms with Gasteiger partial charge in [-0.2, -0.15) is 0 Å². The van der Waals surface area contributed by atoms with Crippen molar-refractivity contribution in [3.63, 3.8) is 0 Å². The summed E-state index contributed by atoms with van der Waals surface area (Å²) >= 11 is 0. The van der Waals surface area contributed by atoms with E-state index >= 15 is 0 Å². The number of piperidine rings is 1. The van der Waals surface area contributed by atoms with E-state index in [9.17, 15) is 9.90 Å². The predicted octanol–water partition coefficient (Wildman–Crippen LogP) is 0.733. The summed E-state index contributed by atoms with van der Waals surface area (Å²) in [5.74, 6) is 0.210. The number of carbonyl (C=O) groups is 1. The van der Waals surface area contributed by atoms with Gasteiger partial charge in [0.2, 0.25) is 5.91 Å². The van der Waals surface area contributed by atoms with Crippen molar-refractivity contribution in [2.75, 3.05) is 13.2 Å². The van der Waals surface area contributed by atoms with Crippen molar-refractivity contribution in [3.05, 3.63) is 0 Å². The van der Waals surface area contributed by atoms with Crippen LogP contribution in [0, 0.1) is 5.92 Å².